The van der Waals surface area contributed by atoms with Gasteiger partial charge in [-0.15, -0.1) is 5.10 Å². The predicted octanol–water partition coefficient (Wildman–Crippen LogP) is 2.24. The van der Waals surface area contributed by atoms with E-state index in [9.17, 15) is 0 Å². The summed E-state index contributed by atoms with van der Waals surface area (Å²) in [4.78, 5) is 3.94. The van der Waals surface area contributed by atoms with Crippen LogP contribution in [0.2, 0.25) is 0 Å². The van der Waals surface area contributed by atoms with Gasteiger partial charge in [-0.1, -0.05) is 29.8 Å². The van der Waals surface area contributed by atoms with E-state index in [1.807, 2.05) is 16.8 Å². The van der Waals surface area contributed by atoms with Gasteiger partial charge in [-0.25, -0.2) is 4.68 Å². The van der Waals surface area contributed by atoms with Gasteiger partial charge < -0.3 is 14.5 Å². The third-order valence-electron chi connectivity index (χ3n) is 6.05. The number of quaternary nitrogens is 1. The molecule has 31 heavy (non-hydrogen) atoms. The highest BCUT2D eigenvalue weighted by Gasteiger charge is 2.36. The maximum atomic E-state index is 5.30. The van der Waals surface area contributed by atoms with Crippen LogP contribution in [0.1, 0.15) is 43.8 Å². The standard InChI is InChI=1S/C24H32N6O/c1-18-6-8-19(9-7-18)22(23-25-26-27-30(23)24(2,3)4)29-16-14-28(15-17-29)20-10-12-21(31-5)13-11-20/h6-13,22H,14-17H2,1-5H3/p+1/t22-/m0/s1. The van der Waals surface area contributed by atoms with E-state index in [-0.39, 0.29) is 11.6 Å². The molecular formula is C24H33N6O+. The molecule has 0 radical (unpaired) electrons. The Morgan fingerprint density at radius 1 is 0.968 bits per heavy atom. The lowest BCUT2D eigenvalue weighted by Crippen LogP contribution is -3.15. The molecule has 164 valence electrons. The van der Waals surface area contributed by atoms with Crippen molar-refractivity contribution < 1.29 is 9.64 Å². The third-order valence-corrected chi connectivity index (χ3v) is 6.05. The van der Waals surface area contributed by atoms with Gasteiger partial charge >= 0.3 is 0 Å². The van der Waals surface area contributed by atoms with Crippen molar-refractivity contribution in [3.05, 3.63) is 65.5 Å². The molecule has 3 aromatic rings. The van der Waals surface area contributed by atoms with Gasteiger partial charge in [0.2, 0.25) is 5.82 Å². The SMILES string of the molecule is COc1ccc(N2CC[NH+]([C@@H](c3ccc(C)cc3)c3nnnn3C(C)(C)C)CC2)cc1. The second-order valence-electron chi connectivity index (χ2n) is 9.31. The summed E-state index contributed by atoms with van der Waals surface area (Å²) in [6.45, 7) is 12.6. The van der Waals surface area contributed by atoms with Crippen molar-refractivity contribution in [2.45, 2.75) is 39.3 Å². The zero-order valence-corrected chi connectivity index (χ0v) is 19.2. The Morgan fingerprint density at radius 3 is 2.19 bits per heavy atom. The number of rotatable bonds is 5. The fourth-order valence-electron chi connectivity index (χ4n) is 4.31. The highest BCUT2D eigenvalue weighted by Crippen LogP contribution is 2.24. The smallest absolute Gasteiger partial charge is 0.214 e. The lowest BCUT2D eigenvalue weighted by Gasteiger charge is -2.37. The minimum Gasteiger partial charge on any atom is -0.497 e. The molecule has 0 spiro atoms. The summed E-state index contributed by atoms with van der Waals surface area (Å²) in [5.41, 5.74) is 3.59. The zero-order chi connectivity index (χ0) is 22.0. The summed E-state index contributed by atoms with van der Waals surface area (Å²) in [6.07, 6.45) is 0. The van der Waals surface area contributed by atoms with Crippen LogP contribution in [-0.2, 0) is 5.54 Å². The van der Waals surface area contributed by atoms with E-state index in [2.05, 4.69) is 84.5 Å². The maximum Gasteiger partial charge on any atom is 0.214 e. The molecule has 0 unspecified atom stereocenters. The van der Waals surface area contributed by atoms with Crippen molar-refractivity contribution in [2.24, 2.45) is 0 Å². The number of nitrogens with one attached hydrogen (secondary N) is 1. The van der Waals surface area contributed by atoms with E-state index in [1.54, 1.807) is 7.11 Å². The van der Waals surface area contributed by atoms with Crippen molar-refractivity contribution in [3.8, 4) is 5.75 Å². The molecule has 2 aromatic carbocycles. The second kappa shape index (κ2) is 8.67. The molecule has 1 atom stereocenters. The Morgan fingerprint density at radius 2 is 1.61 bits per heavy atom. The second-order valence-corrected chi connectivity index (χ2v) is 9.31. The van der Waals surface area contributed by atoms with Crippen LogP contribution in [0.4, 0.5) is 5.69 Å². The summed E-state index contributed by atoms with van der Waals surface area (Å²) in [7, 11) is 1.70. The molecule has 7 heteroatoms. The summed E-state index contributed by atoms with van der Waals surface area (Å²) in [6, 6.07) is 17.3. The number of piperazine rings is 1. The predicted molar refractivity (Wildman–Crippen MR) is 122 cm³/mol. The first-order valence-electron chi connectivity index (χ1n) is 11.0. The van der Waals surface area contributed by atoms with Gasteiger partial charge in [0.15, 0.2) is 6.04 Å². The van der Waals surface area contributed by atoms with Gasteiger partial charge in [0.1, 0.15) is 5.75 Å². The van der Waals surface area contributed by atoms with Crippen LogP contribution in [0.15, 0.2) is 48.5 Å². The molecule has 1 N–H and O–H groups in total. The first kappa shape index (κ1) is 21.3. The van der Waals surface area contributed by atoms with Gasteiger partial charge in [-0.3, -0.25) is 0 Å². The van der Waals surface area contributed by atoms with Crippen LogP contribution in [0.25, 0.3) is 0 Å². The molecule has 2 heterocycles. The minimum absolute atomic E-state index is 0.104. The number of hydrogen-bond donors (Lipinski definition) is 1. The van der Waals surface area contributed by atoms with Crippen LogP contribution in [0.3, 0.4) is 0 Å². The number of aromatic nitrogens is 4. The maximum absolute atomic E-state index is 5.30. The van der Waals surface area contributed by atoms with Crippen LogP contribution in [-0.4, -0.2) is 53.5 Å². The summed E-state index contributed by atoms with van der Waals surface area (Å²) in [5.74, 6) is 1.82. The first-order valence-corrected chi connectivity index (χ1v) is 11.0. The Labute approximate surface area is 184 Å². The number of hydrogen-bond acceptors (Lipinski definition) is 5. The Bertz CT molecular complexity index is 982. The number of anilines is 1. The third kappa shape index (κ3) is 4.56. The molecule has 0 saturated carbocycles. The van der Waals surface area contributed by atoms with Crippen molar-refractivity contribution in [2.75, 3.05) is 38.2 Å². The number of methoxy groups -OCH3 is 1. The molecule has 1 fully saturated rings. The summed E-state index contributed by atoms with van der Waals surface area (Å²) < 4.78 is 7.29. The van der Waals surface area contributed by atoms with Crippen LogP contribution in [0.5, 0.6) is 5.75 Å². The highest BCUT2D eigenvalue weighted by atomic mass is 16.5. The fourth-order valence-corrected chi connectivity index (χ4v) is 4.31. The molecular weight excluding hydrogens is 388 g/mol. The monoisotopic (exact) mass is 421 g/mol. The molecule has 1 aliphatic rings. The number of ether oxygens (including phenoxy) is 1. The van der Waals surface area contributed by atoms with Gasteiger partial charge in [-0.05, 0) is 62.4 Å². The minimum atomic E-state index is -0.174. The quantitative estimate of drug-likeness (QED) is 0.685. The van der Waals surface area contributed by atoms with E-state index in [0.717, 1.165) is 37.8 Å². The summed E-state index contributed by atoms with van der Waals surface area (Å²) in [5, 5.41) is 12.9. The Balaban J connectivity index is 1.60. The van der Waals surface area contributed by atoms with Crippen molar-refractivity contribution in [1.29, 1.82) is 0 Å². The summed E-state index contributed by atoms with van der Waals surface area (Å²) >= 11 is 0. The van der Waals surface area contributed by atoms with Gasteiger partial charge in [0, 0.05) is 11.3 Å². The van der Waals surface area contributed by atoms with E-state index in [4.69, 9.17) is 4.74 Å². The van der Waals surface area contributed by atoms with E-state index >= 15 is 0 Å². The lowest BCUT2D eigenvalue weighted by atomic mass is 10.0. The molecule has 0 amide bonds. The number of aryl methyl sites for hydroxylation is 1. The average Bonchev–Trinajstić information content (AvgIpc) is 3.26. The van der Waals surface area contributed by atoms with E-state index in [0.29, 0.717) is 0 Å². The molecule has 1 aliphatic heterocycles. The van der Waals surface area contributed by atoms with Gasteiger partial charge in [0.05, 0.1) is 38.8 Å². The normalized spacial score (nSPS) is 16.4. The Hall–Kier alpha value is -2.93. The van der Waals surface area contributed by atoms with Crippen LogP contribution in [0, 0.1) is 6.92 Å². The van der Waals surface area contributed by atoms with Crippen molar-refractivity contribution in [3.63, 3.8) is 0 Å². The van der Waals surface area contributed by atoms with E-state index in [1.165, 1.54) is 21.7 Å². The number of tetrazole rings is 1. The molecule has 1 saturated heterocycles. The van der Waals surface area contributed by atoms with E-state index < -0.39 is 0 Å². The molecule has 4 rings (SSSR count). The fraction of sp³-hybridized carbons (Fsp3) is 0.458. The molecule has 1 aromatic heterocycles. The van der Waals surface area contributed by atoms with Gasteiger partial charge in [0.25, 0.3) is 0 Å². The van der Waals surface area contributed by atoms with Crippen molar-refractivity contribution in [1.82, 2.24) is 20.2 Å². The van der Waals surface area contributed by atoms with Crippen molar-refractivity contribution >= 4 is 5.69 Å². The highest BCUT2D eigenvalue weighted by molar-refractivity contribution is 5.49. The lowest BCUT2D eigenvalue weighted by molar-refractivity contribution is -0.927. The number of nitrogens with zero attached hydrogens (tertiary/aromatic N) is 5. The van der Waals surface area contributed by atoms with Crippen LogP contribution < -0.4 is 14.5 Å². The zero-order valence-electron chi connectivity index (χ0n) is 19.2. The molecule has 0 aliphatic carbocycles. The van der Waals surface area contributed by atoms with Gasteiger partial charge in [-0.2, -0.15) is 0 Å². The average molecular weight is 422 g/mol. The topological polar surface area (TPSA) is 60.5 Å². The largest absolute Gasteiger partial charge is 0.497 e. The van der Waals surface area contributed by atoms with Crippen LogP contribution >= 0.6 is 0 Å². The Kier molecular flexibility index (Phi) is 5.96. The first-order chi connectivity index (χ1) is 14.9. The molecule has 7 nitrogen and oxygen atoms in total. The number of benzene rings is 2. The molecule has 0 bridgehead atoms.